The quantitative estimate of drug-likeness (QED) is 0.635. The van der Waals surface area contributed by atoms with Gasteiger partial charge in [0.25, 0.3) is 0 Å². The van der Waals surface area contributed by atoms with Gasteiger partial charge in [0.2, 0.25) is 5.91 Å². The maximum Gasteiger partial charge on any atom is 0.233 e. The monoisotopic (exact) mass is 392 g/mol. The van der Waals surface area contributed by atoms with E-state index in [-0.39, 0.29) is 11.5 Å². The van der Waals surface area contributed by atoms with E-state index in [0.29, 0.717) is 23.3 Å². The third-order valence-electron chi connectivity index (χ3n) is 5.38. The number of hydrogen-bond donors (Lipinski definition) is 1. The van der Waals surface area contributed by atoms with Gasteiger partial charge in [-0.15, -0.1) is 11.3 Å². The fourth-order valence-corrected chi connectivity index (χ4v) is 5.48. The molecule has 6 nitrogen and oxygen atoms in total. The van der Waals surface area contributed by atoms with Gasteiger partial charge in [-0.3, -0.25) is 4.79 Å². The zero-order valence-electron chi connectivity index (χ0n) is 15.2. The van der Waals surface area contributed by atoms with Crippen molar-refractivity contribution in [2.45, 2.75) is 56.9 Å². The van der Waals surface area contributed by atoms with Crippen LogP contribution in [0.25, 0.3) is 10.2 Å². The SMILES string of the molecule is CC[C@]1(C)Cc2c(sc3nc(SCC(=O)N4CCCC4)nc(N)c23)CO1. The molecule has 1 fully saturated rings. The van der Waals surface area contributed by atoms with Gasteiger partial charge in [0, 0.05) is 24.4 Å². The molecular weight excluding hydrogens is 368 g/mol. The maximum atomic E-state index is 12.2. The molecule has 2 aromatic rings. The summed E-state index contributed by atoms with van der Waals surface area (Å²) in [5.74, 6) is 1.05. The molecule has 2 aliphatic heterocycles. The first-order chi connectivity index (χ1) is 12.5. The van der Waals surface area contributed by atoms with Gasteiger partial charge in [-0.1, -0.05) is 18.7 Å². The second-order valence-electron chi connectivity index (χ2n) is 7.22. The number of likely N-dealkylation sites (tertiary alicyclic amines) is 1. The van der Waals surface area contributed by atoms with Gasteiger partial charge >= 0.3 is 0 Å². The van der Waals surface area contributed by atoms with Crippen LogP contribution in [0.5, 0.6) is 0 Å². The average molecular weight is 393 g/mol. The van der Waals surface area contributed by atoms with Gasteiger partial charge in [0.1, 0.15) is 10.6 Å². The molecule has 0 aliphatic carbocycles. The second kappa shape index (κ2) is 6.98. The van der Waals surface area contributed by atoms with Crippen LogP contribution in [0.2, 0.25) is 0 Å². The number of fused-ring (bicyclic) bond motifs is 3. The number of nitrogen functional groups attached to an aromatic ring is 1. The van der Waals surface area contributed by atoms with E-state index in [2.05, 4.69) is 23.8 Å². The van der Waals surface area contributed by atoms with E-state index >= 15 is 0 Å². The number of anilines is 1. The minimum Gasteiger partial charge on any atom is -0.383 e. The largest absolute Gasteiger partial charge is 0.383 e. The summed E-state index contributed by atoms with van der Waals surface area (Å²) < 4.78 is 6.04. The molecule has 4 rings (SSSR count). The lowest BCUT2D eigenvalue weighted by atomic mass is 9.90. The van der Waals surface area contributed by atoms with Crippen LogP contribution in [-0.2, 0) is 22.6 Å². The smallest absolute Gasteiger partial charge is 0.233 e. The van der Waals surface area contributed by atoms with Gasteiger partial charge < -0.3 is 15.4 Å². The lowest BCUT2D eigenvalue weighted by Crippen LogP contribution is -2.33. The Kier molecular flexibility index (Phi) is 4.83. The number of aromatic nitrogens is 2. The van der Waals surface area contributed by atoms with E-state index in [9.17, 15) is 4.79 Å². The molecule has 0 radical (unpaired) electrons. The van der Waals surface area contributed by atoms with Crippen LogP contribution in [0.4, 0.5) is 5.82 Å². The van der Waals surface area contributed by atoms with Crippen LogP contribution in [-0.4, -0.2) is 45.2 Å². The number of nitrogens with two attached hydrogens (primary N) is 1. The van der Waals surface area contributed by atoms with Crippen LogP contribution in [0.3, 0.4) is 0 Å². The summed E-state index contributed by atoms with van der Waals surface area (Å²) in [5, 5.41) is 1.56. The third kappa shape index (κ3) is 3.30. The van der Waals surface area contributed by atoms with Gasteiger partial charge in [-0.05, 0) is 31.7 Å². The highest BCUT2D eigenvalue weighted by atomic mass is 32.2. The molecule has 4 heterocycles. The highest BCUT2D eigenvalue weighted by Crippen LogP contribution is 2.41. The molecule has 1 amide bonds. The molecule has 2 aliphatic rings. The Morgan fingerprint density at radius 3 is 2.88 bits per heavy atom. The Morgan fingerprint density at radius 1 is 1.38 bits per heavy atom. The van der Waals surface area contributed by atoms with Crippen LogP contribution < -0.4 is 5.73 Å². The summed E-state index contributed by atoms with van der Waals surface area (Å²) in [6.07, 6.45) is 4.00. The van der Waals surface area contributed by atoms with Gasteiger partial charge in [-0.2, -0.15) is 0 Å². The number of amides is 1. The van der Waals surface area contributed by atoms with Gasteiger partial charge in [-0.25, -0.2) is 9.97 Å². The minimum absolute atomic E-state index is 0.150. The molecule has 8 heteroatoms. The van der Waals surface area contributed by atoms with Crippen molar-refractivity contribution in [3.05, 3.63) is 10.4 Å². The number of hydrogen-bond acceptors (Lipinski definition) is 7. The molecule has 140 valence electrons. The van der Waals surface area contributed by atoms with Crippen molar-refractivity contribution in [3.8, 4) is 0 Å². The minimum atomic E-state index is -0.150. The zero-order valence-corrected chi connectivity index (χ0v) is 16.8. The van der Waals surface area contributed by atoms with Crippen LogP contribution in [0.15, 0.2) is 5.16 Å². The van der Waals surface area contributed by atoms with Crippen LogP contribution >= 0.6 is 23.1 Å². The normalized spacial score (nSPS) is 22.8. The van der Waals surface area contributed by atoms with Crippen molar-refractivity contribution in [1.29, 1.82) is 0 Å². The fourth-order valence-electron chi connectivity index (χ4n) is 3.56. The van der Waals surface area contributed by atoms with Gasteiger partial charge in [0.15, 0.2) is 5.16 Å². The van der Waals surface area contributed by atoms with Crippen LogP contribution in [0, 0.1) is 0 Å². The molecular formula is C18H24N4O2S2. The van der Waals surface area contributed by atoms with Crippen LogP contribution in [0.1, 0.15) is 43.6 Å². The van der Waals surface area contributed by atoms with Crippen molar-refractivity contribution in [2.75, 3.05) is 24.6 Å². The molecule has 1 saturated heterocycles. The molecule has 0 unspecified atom stereocenters. The predicted molar refractivity (Wildman–Crippen MR) is 106 cm³/mol. The van der Waals surface area contributed by atoms with E-state index in [1.165, 1.54) is 22.2 Å². The van der Waals surface area contributed by atoms with E-state index in [1.54, 1.807) is 11.3 Å². The Hall–Kier alpha value is -1.38. The number of nitrogens with zero attached hydrogens (tertiary/aromatic N) is 3. The van der Waals surface area contributed by atoms with E-state index in [4.69, 9.17) is 10.5 Å². The van der Waals surface area contributed by atoms with Crippen molar-refractivity contribution in [2.24, 2.45) is 0 Å². The number of carbonyl (C=O) groups excluding carboxylic acids is 1. The molecule has 2 N–H and O–H groups in total. The molecule has 0 bridgehead atoms. The number of ether oxygens (including phenoxy) is 1. The molecule has 0 spiro atoms. The van der Waals surface area contributed by atoms with E-state index < -0.39 is 0 Å². The Morgan fingerprint density at radius 2 is 2.15 bits per heavy atom. The van der Waals surface area contributed by atoms with Gasteiger partial charge in [0.05, 0.1) is 23.3 Å². The first-order valence-corrected chi connectivity index (χ1v) is 10.9. The number of rotatable bonds is 4. The molecule has 0 aromatic carbocycles. The maximum absolute atomic E-state index is 12.2. The highest BCUT2D eigenvalue weighted by molar-refractivity contribution is 7.99. The third-order valence-corrected chi connectivity index (χ3v) is 7.31. The number of thioether (sulfide) groups is 1. The summed E-state index contributed by atoms with van der Waals surface area (Å²) in [4.78, 5) is 25.4. The first kappa shape index (κ1) is 18.0. The zero-order chi connectivity index (χ0) is 18.3. The predicted octanol–water partition coefficient (Wildman–Crippen LogP) is 3.23. The summed E-state index contributed by atoms with van der Waals surface area (Å²) in [6.45, 7) is 6.64. The number of thiophene rings is 1. The number of carbonyl (C=O) groups is 1. The van der Waals surface area contributed by atoms with E-state index in [1.807, 2.05) is 4.90 Å². The standard InChI is InChI=1S/C18H24N4O2S2/c1-3-18(2)8-11-12(9-24-18)26-16-14(11)15(19)20-17(21-16)25-10-13(23)22-6-4-5-7-22/h3-10H2,1-2H3,(H2,19,20,21)/t18-/m1/s1. The van der Waals surface area contributed by atoms with Crippen molar-refractivity contribution < 1.29 is 9.53 Å². The Labute approximate surface area is 161 Å². The second-order valence-corrected chi connectivity index (χ2v) is 9.25. The first-order valence-electron chi connectivity index (χ1n) is 9.11. The lowest BCUT2D eigenvalue weighted by Gasteiger charge is -2.33. The molecule has 0 saturated carbocycles. The summed E-state index contributed by atoms with van der Waals surface area (Å²) in [7, 11) is 0. The molecule has 2 aromatic heterocycles. The van der Waals surface area contributed by atoms with Crippen molar-refractivity contribution in [1.82, 2.24) is 14.9 Å². The molecule has 1 atom stereocenters. The topological polar surface area (TPSA) is 81.3 Å². The lowest BCUT2D eigenvalue weighted by molar-refractivity contribution is -0.127. The Balaban J connectivity index is 1.57. The summed E-state index contributed by atoms with van der Waals surface area (Å²) in [5.41, 5.74) is 7.38. The Bertz CT molecular complexity index is 847. The van der Waals surface area contributed by atoms with Crippen molar-refractivity contribution >= 4 is 45.0 Å². The highest BCUT2D eigenvalue weighted by Gasteiger charge is 2.33. The van der Waals surface area contributed by atoms with Crippen molar-refractivity contribution in [3.63, 3.8) is 0 Å². The molecule has 26 heavy (non-hydrogen) atoms. The fraction of sp³-hybridized carbons (Fsp3) is 0.611. The average Bonchev–Trinajstić information content (AvgIpc) is 3.27. The van der Waals surface area contributed by atoms with E-state index in [0.717, 1.165) is 49.0 Å². The summed E-state index contributed by atoms with van der Waals surface area (Å²) in [6, 6.07) is 0. The summed E-state index contributed by atoms with van der Waals surface area (Å²) >= 11 is 3.01.